The molecule has 3 fully saturated rings. The molecule has 0 atom stereocenters. The number of piperazine rings is 1. The van der Waals surface area contributed by atoms with Gasteiger partial charge in [0.25, 0.3) is 0 Å². The molecule has 2 aliphatic carbocycles. The first-order valence-electron chi connectivity index (χ1n) is 10.7. The number of nitrogens with two attached hydrogens (primary N) is 1. The van der Waals surface area contributed by atoms with E-state index in [1.807, 2.05) is 9.80 Å². The van der Waals surface area contributed by atoms with Crippen LogP contribution in [0.3, 0.4) is 0 Å². The maximum atomic E-state index is 12.8. The third-order valence-electron chi connectivity index (χ3n) is 6.73. The predicted molar refractivity (Wildman–Crippen MR) is 103 cm³/mol. The van der Waals surface area contributed by atoms with E-state index in [0.29, 0.717) is 45.2 Å². The number of carbonyl (C=O) groups is 2. The molecule has 1 heterocycles. The van der Waals surface area contributed by atoms with Crippen LogP contribution in [0.5, 0.6) is 0 Å². The molecule has 3 amide bonds. The molecule has 0 aromatic rings. The molecule has 3 rings (SSSR count). The van der Waals surface area contributed by atoms with E-state index >= 15 is 0 Å². The largest absolute Gasteiger partial charge is 0.339 e. The normalized spacial score (nSPS) is 24.3. The van der Waals surface area contributed by atoms with Crippen molar-refractivity contribution in [3.05, 3.63) is 0 Å². The summed E-state index contributed by atoms with van der Waals surface area (Å²) in [6, 6.07) is 0.390. The van der Waals surface area contributed by atoms with Gasteiger partial charge in [-0.1, -0.05) is 38.5 Å². The third kappa shape index (κ3) is 4.90. The standard InChI is InChI=1S/C20H36N4O2/c21-16-20(9-5-2-6-10-20)15-18(25)23-11-13-24(14-12-23)19(26)22-17-7-3-1-4-8-17/h17H,1-16,21H2,(H,22,26). The Balaban J connectivity index is 1.43. The number of amides is 3. The number of hydrogen-bond acceptors (Lipinski definition) is 3. The molecule has 148 valence electrons. The number of nitrogens with zero attached hydrogens (tertiary/aromatic N) is 2. The van der Waals surface area contributed by atoms with Crippen molar-refractivity contribution < 1.29 is 9.59 Å². The molecule has 1 saturated heterocycles. The molecule has 0 radical (unpaired) electrons. The van der Waals surface area contributed by atoms with Crippen LogP contribution in [0.15, 0.2) is 0 Å². The highest BCUT2D eigenvalue weighted by Crippen LogP contribution is 2.38. The molecule has 26 heavy (non-hydrogen) atoms. The third-order valence-corrected chi connectivity index (χ3v) is 6.73. The van der Waals surface area contributed by atoms with Gasteiger partial charge >= 0.3 is 6.03 Å². The molecular weight excluding hydrogens is 328 g/mol. The van der Waals surface area contributed by atoms with E-state index in [9.17, 15) is 9.59 Å². The van der Waals surface area contributed by atoms with E-state index in [0.717, 1.165) is 25.7 Å². The van der Waals surface area contributed by atoms with Gasteiger partial charge in [0.05, 0.1) is 0 Å². The van der Waals surface area contributed by atoms with Gasteiger partial charge in [-0.2, -0.15) is 0 Å². The highest BCUT2D eigenvalue weighted by atomic mass is 16.2. The van der Waals surface area contributed by atoms with Gasteiger partial charge in [0.15, 0.2) is 0 Å². The Labute approximate surface area is 157 Å². The van der Waals surface area contributed by atoms with Crippen molar-refractivity contribution in [2.75, 3.05) is 32.7 Å². The fourth-order valence-corrected chi connectivity index (χ4v) is 4.86. The van der Waals surface area contributed by atoms with Crippen LogP contribution in [-0.2, 0) is 4.79 Å². The topological polar surface area (TPSA) is 78.7 Å². The van der Waals surface area contributed by atoms with Crippen LogP contribution >= 0.6 is 0 Å². The van der Waals surface area contributed by atoms with Crippen LogP contribution in [0.1, 0.15) is 70.6 Å². The van der Waals surface area contributed by atoms with Crippen LogP contribution in [0.25, 0.3) is 0 Å². The van der Waals surface area contributed by atoms with E-state index < -0.39 is 0 Å². The molecule has 0 bridgehead atoms. The van der Waals surface area contributed by atoms with E-state index in [1.165, 1.54) is 38.5 Å². The van der Waals surface area contributed by atoms with E-state index in [1.54, 1.807) is 0 Å². The Morgan fingerprint density at radius 2 is 1.46 bits per heavy atom. The summed E-state index contributed by atoms with van der Waals surface area (Å²) >= 11 is 0. The lowest BCUT2D eigenvalue weighted by molar-refractivity contribution is -0.135. The molecule has 0 unspecified atom stereocenters. The molecule has 6 heteroatoms. The Morgan fingerprint density at radius 1 is 0.885 bits per heavy atom. The molecule has 1 aliphatic heterocycles. The summed E-state index contributed by atoms with van der Waals surface area (Å²) in [5, 5.41) is 3.18. The molecule has 0 aromatic heterocycles. The first kappa shape index (κ1) is 19.5. The Bertz CT molecular complexity index is 476. The van der Waals surface area contributed by atoms with Crippen LogP contribution < -0.4 is 11.1 Å². The highest BCUT2D eigenvalue weighted by molar-refractivity contribution is 5.78. The van der Waals surface area contributed by atoms with E-state index in [2.05, 4.69) is 5.32 Å². The highest BCUT2D eigenvalue weighted by Gasteiger charge is 2.35. The summed E-state index contributed by atoms with van der Waals surface area (Å²) in [6.07, 6.45) is 12.3. The summed E-state index contributed by atoms with van der Waals surface area (Å²) in [7, 11) is 0. The van der Waals surface area contributed by atoms with Gasteiger partial charge in [0.2, 0.25) is 5.91 Å². The van der Waals surface area contributed by atoms with Crippen LogP contribution in [0, 0.1) is 5.41 Å². The minimum absolute atomic E-state index is 0.0187. The first-order valence-corrected chi connectivity index (χ1v) is 10.7. The van der Waals surface area contributed by atoms with Gasteiger partial charge in [0.1, 0.15) is 0 Å². The monoisotopic (exact) mass is 364 g/mol. The van der Waals surface area contributed by atoms with Crippen molar-refractivity contribution in [3.8, 4) is 0 Å². The van der Waals surface area contributed by atoms with Gasteiger partial charge in [-0.15, -0.1) is 0 Å². The average Bonchev–Trinajstić information content (AvgIpc) is 2.69. The lowest BCUT2D eigenvalue weighted by Gasteiger charge is -2.40. The molecule has 2 saturated carbocycles. The number of nitrogens with one attached hydrogen (secondary N) is 1. The SMILES string of the molecule is NCC1(CC(=O)N2CCN(C(=O)NC3CCCCC3)CC2)CCCCC1. The molecular formula is C20H36N4O2. The van der Waals surface area contributed by atoms with Crippen LogP contribution in [0.2, 0.25) is 0 Å². The van der Waals surface area contributed by atoms with Crippen molar-refractivity contribution in [3.63, 3.8) is 0 Å². The lowest BCUT2D eigenvalue weighted by atomic mass is 9.71. The van der Waals surface area contributed by atoms with Crippen molar-refractivity contribution in [2.45, 2.75) is 76.7 Å². The quantitative estimate of drug-likeness (QED) is 0.804. The molecule has 6 nitrogen and oxygen atoms in total. The number of carbonyl (C=O) groups excluding carboxylic acids is 2. The fourth-order valence-electron chi connectivity index (χ4n) is 4.86. The van der Waals surface area contributed by atoms with Crippen LogP contribution in [0.4, 0.5) is 4.79 Å². The maximum absolute atomic E-state index is 12.8. The molecule has 3 aliphatic rings. The summed E-state index contributed by atoms with van der Waals surface area (Å²) in [5.41, 5.74) is 6.05. The van der Waals surface area contributed by atoms with Gasteiger partial charge in [-0.05, 0) is 37.6 Å². The lowest BCUT2D eigenvalue weighted by Crippen LogP contribution is -2.55. The zero-order valence-electron chi connectivity index (χ0n) is 16.2. The number of hydrogen-bond donors (Lipinski definition) is 2. The second-order valence-corrected chi connectivity index (χ2v) is 8.59. The molecule has 0 aromatic carbocycles. The van der Waals surface area contributed by atoms with E-state index in [4.69, 9.17) is 5.73 Å². The minimum atomic E-state index is 0.0187. The number of rotatable bonds is 4. The second-order valence-electron chi connectivity index (χ2n) is 8.59. The van der Waals surface area contributed by atoms with Crippen molar-refractivity contribution in [2.24, 2.45) is 11.1 Å². The van der Waals surface area contributed by atoms with Crippen molar-refractivity contribution in [1.82, 2.24) is 15.1 Å². The Kier molecular flexibility index (Phi) is 6.79. The molecule has 0 spiro atoms. The van der Waals surface area contributed by atoms with Gasteiger partial charge in [-0.3, -0.25) is 4.79 Å². The van der Waals surface area contributed by atoms with Crippen LogP contribution in [-0.4, -0.2) is 60.5 Å². The molecule has 3 N–H and O–H groups in total. The second kappa shape index (κ2) is 9.07. The minimum Gasteiger partial charge on any atom is -0.339 e. The Hall–Kier alpha value is -1.30. The average molecular weight is 365 g/mol. The van der Waals surface area contributed by atoms with Crippen molar-refractivity contribution >= 4 is 11.9 Å². The van der Waals surface area contributed by atoms with Crippen molar-refractivity contribution in [1.29, 1.82) is 0 Å². The zero-order chi connectivity index (χ0) is 18.4. The Morgan fingerprint density at radius 3 is 2.08 bits per heavy atom. The summed E-state index contributed by atoms with van der Waals surface area (Å²) in [6.45, 7) is 3.19. The fraction of sp³-hybridized carbons (Fsp3) is 0.900. The van der Waals surface area contributed by atoms with Gasteiger partial charge < -0.3 is 20.9 Å². The first-order chi connectivity index (χ1) is 12.6. The maximum Gasteiger partial charge on any atom is 0.317 e. The number of urea groups is 1. The van der Waals surface area contributed by atoms with E-state index in [-0.39, 0.29) is 17.4 Å². The van der Waals surface area contributed by atoms with Gasteiger partial charge in [0, 0.05) is 38.6 Å². The smallest absolute Gasteiger partial charge is 0.317 e. The summed E-state index contributed by atoms with van der Waals surface area (Å²) in [5.74, 6) is 0.227. The predicted octanol–water partition coefficient (Wildman–Crippen LogP) is 2.47. The summed E-state index contributed by atoms with van der Waals surface area (Å²) < 4.78 is 0. The van der Waals surface area contributed by atoms with Gasteiger partial charge in [-0.25, -0.2) is 4.79 Å². The summed E-state index contributed by atoms with van der Waals surface area (Å²) in [4.78, 5) is 29.0. The zero-order valence-corrected chi connectivity index (χ0v) is 16.2.